The van der Waals surface area contributed by atoms with Crippen molar-refractivity contribution in [2.24, 2.45) is 0 Å². The van der Waals surface area contributed by atoms with Crippen LogP contribution in [0.3, 0.4) is 0 Å². The maximum atomic E-state index is 6.08. The van der Waals surface area contributed by atoms with Crippen molar-refractivity contribution in [3.63, 3.8) is 0 Å². The molecule has 4 rings (SSSR count). The van der Waals surface area contributed by atoms with Crippen LogP contribution in [0.2, 0.25) is 10.0 Å². The summed E-state index contributed by atoms with van der Waals surface area (Å²) in [6.07, 6.45) is 2.04. The Labute approximate surface area is 138 Å². The summed E-state index contributed by atoms with van der Waals surface area (Å²) in [5.74, 6) is 0.859. The van der Waals surface area contributed by atoms with Gasteiger partial charge in [-0.05, 0) is 19.2 Å². The highest BCUT2D eigenvalue weighted by molar-refractivity contribution is 6.42. The average molecular weight is 339 g/mol. The number of halogens is 2. The number of hydrogen-bond acceptors (Lipinski definition) is 5. The van der Waals surface area contributed by atoms with E-state index in [4.69, 9.17) is 27.9 Å². The smallest absolute Gasteiger partial charge is 0.147 e. The summed E-state index contributed by atoms with van der Waals surface area (Å²) in [4.78, 5) is 13.7. The Kier molecular flexibility index (Phi) is 3.61. The molecule has 5 nitrogen and oxygen atoms in total. The van der Waals surface area contributed by atoms with Crippen molar-refractivity contribution in [1.29, 1.82) is 0 Å². The van der Waals surface area contributed by atoms with Crippen molar-refractivity contribution in [3.05, 3.63) is 28.4 Å². The molecule has 1 aromatic carbocycles. The van der Waals surface area contributed by atoms with Crippen LogP contribution in [0.4, 0.5) is 5.82 Å². The number of fused-ring (bicyclic) bond motifs is 2. The fourth-order valence-corrected chi connectivity index (χ4v) is 3.51. The minimum Gasteiger partial charge on any atom is -0.373 e. The first kappa shape index (κ1) is 14.5. The number of aromatic nitrogens is 2. The van der Waals surface area contributed by atoms with Gasteiger partial charge in [0.05, 0.1) is 46.0 Å². The zero-order valence-corrected chi connectivity index (χ0v) is 13.7. The Bertz CT molecular complexity index is 726. The maximum Gasteiger partial charge on any atom is 0.147 e. The Morgan fingerprint density at radius 3 is 2.73 bits per heavy atom. The first-order valence-electron chi connectivity index (χ1n) is 7.30. The average Bonchev–Trinajstić information content (AvgIpc) is 2.94. The van der Waals surface area contributed by atoms with E-state index in [2.05, 4.69) is 26.8 Å². The molecule has 2 aliphatic heterocycles. The molecule has 0 amide bonds. The predicted molar refractivity (Wildman–Crippen MR) is 87.9 cm³/mol. The summed E-state index contributed by atoms with van der Waals surface area (Å²) >= 11 is 12.1. The third-order valence-electron chi connectivity index (χ3n) is 4.47. The lowest BCUT2D eigenvalue weighted by Gasteiger charge is -2.33. The van der Waals surface area contributed by atoms with Crippen LogP contribution >= 0.6 is 23.2 Å². The highest BCUT2D eigenvalue weighted by atomic mass is 35.5. The molecule has 0 saturated carbocycles. The summed E-state index contributed by atoms with van der Waals surface area (Å²) in [7, 11) is 2.15. The van der Waals surface area contributed by atoms with E-state index in [0.29, 0.717) is 16.1 Å². The van der Waals surface area contributed by atoms with E-state index in [1.807, 2.05) is 0 Å². The summed E-state index contributed by atoms with van der Waals surface area (Å²) in [5, 5.41) is 0.997. The highest BCUT2D eigenvalue weighted by Gasteiger charge is 2.39. The molecule has 2 unspecified atom stereocenters. The second-order valence-electron chi connectivity index (χ2n) is 5.85. The van der Waals surface area contributed by atoms with Crippen LogP contribution < -0.4 is 4.90 Å². The van der Waals surface area contributed by atoms with Crippen LogP contribution in [0.5, 0.6) is 0 Å². The van der Waals surface area contributed by atoms with Crippen LogP contribution in [-0.4, -0.2) is 60.3 Å². The molecule has 116 valence electrons. The van der Waals surface area contributed by atoms with Gasteiger partial charge in [0.2, 0.25) is 0 Å². The van der Waals surface area contributed by atoms with Gasteiger partial charge < -0.3 is 9.64 Å². The third-order valence-corrected chi connectivity index (χ3v) is 5.20. The van der Waals surface area contributed by atoms with Gasteiger partial charge in [-0.25, -0.2) is 4.98 Å². The Hall–Kier alpha value is -1.14. The first-order valence-corrected chi connectivity index (χ1v) is 8.06. The monoisotopic (exact) mass is 338 g/mol. The van der Waals surface area contributed by atoms with E-state index in [1.165, 1.54) is 0 Å². The Balaban J connectivity index is 1.65. The molecule has 0 bridgehead atoms. The molecule has 2 aliphatic rings. The lowest BCUT2D eigenvalue weighted by atomic mass is 10.1. The lowest BCUT2D eigenvalue weighted by molar-refractivity contribution is -0.0362. The number of ether oxygens (including phenoxy) is 1. The fourth-order valence-electron chi connectivity index (χ4n) is 3.20. The number of benzene rings is 1. The zero-order chi connectivity index (χ0) is 15.3. The van der Waals surface area contributed by atoms with Gasteiger partial charge in [-0.1, -0.05) is 23.2 Å². The molecule has 2 aromatic rings. The van der Waals surface area contributed by atoms with Gasteiger partial charge >= 0.3 is 0 Å². The molecular weight excluding hydrogens is 323 g/mol. The van der Waals surface area contributed by atoms with Crippen molar-refractivity contribution < 1.29 is 4.74 Å². The van der Waals surface area contributed by atoms with Gasteiger partial charge in [-0.2, -0.15) is 0 Å². The second-order valence-corrected chi connectivity index (χ2v) is 6.66. The molecule has 0 N–H and O–H groups in total. The largest absolute Gasteiger partial charge is 0.373 e. The summed E-state index contributed by atoms with van der Waals surface area (Å²) in [5.41, 5.74) is 1.51. The first-order chi connectivity index (χ1) is 10.6. The molecule has 2 saturated heterocycles. The highest BCUT2D eigenvalue weighted by Crippen LogP contribution is 2.29. The van der Waals surface area contributed by atoms with E-state index < -0.39 is 0 Å². The molecule has 0 radical (unpaired) electrons. The summed E-state index contributed by atoms with van der Waals surface area (Å²) in [6.45, 7) is 3.52. The van der Waals surface area contributed by atoms with Crippen molar-refractivity contribution in [2.45, 2.75) is 12.1 Å². The van der Waals surface area contributed by atoms with Crippen LogP contribution in [0.25, 0.3) is 11.0 Å². The lowest BCUT2D eigenvalue weighted by Crippen LogP contribution is -2.48. The number of anilines is 1. The van der Waals surface area contributed by atoms with E-state index >= 15 is 0 Å². The number of nitrogens with zero attached hydrogens (tertiary/aromatic N) is 4. The Morgan fingerprint density at radius 1 is 1.18 bits per heavy atom. The number of rotatable bonds is 1. The molecule has 2 atom stereocenters. The molecule has 7 heteroatoms. The molecule has 3 heterocycles. The van der Waals surface area contributed by atoms with E-state index in [-0.39, 0.29) is 6.10 Å². The van der Waals surface area contributed by atoms with Gasteiger partial charge in [0, 0.05) is 19.6 Å². The van der Waals surface area contributed by atoms with Gasteiger partial charge in [-0.3, -0.25) is 9.88 Å². The van der Waals surface area contributed by atoms with Crippen LogP contribution in [-0.2, 0) is 4.74 Å². The fraction of sp³-hybridized carbons (Fsp3) is 0.467. The Morgan fingerprint density at radius 2 is 1.95 bits per heavy atom. The normalized spacial score (nSPS) is 25.7. The van der Waals surface area contributed by atoms with Crippen LogP contribution in [0.15, 0.2) is 18.3 Å². The van der Waals surface area contributed by atoms with Crippen molar-refractivity contribution in [2.75, 3.05) is 38.2 Å². The number of hydrogen-bond donors (Lipinski definition) is 0. The predicted octanol–water partition coefficient (Wildman–Crippen LogP) is 2.46. The standard InChI is InChI=1S/C15H16Cl2N4O/c1-20-2-3-22-14-8-21(7-13(14)20)15-6-18-11-4-9(16)10(17)5-12(11)19-15/h4-6,13-14H,2-3,7-8H2,1H3. The summed E-state index contributed by atoms with van der Waals surface area (Å²) in [6, 6.07) is 3.93. The van der Waals surface area contributed by atoms with Crippen molar-refractivity contribution in [1.82, 2.24) is 14.9 Å². The van der Waals surface area contributed by atoms with Crippen LogP contribution in [0.1, 0.15) is 0 Å². The minimum atomic E-state index is 0.241. The van der Waals surface area contributed by atoms with Crippen molar-refractivity contribution >= 4 is 40.1 Å². The molecule has 0 spiro atoms. The van der Waals surface area contributed by atoms with E-state index in [0.717, 1.165) is 43.1 Å². The second kappa shape index (κ2) is 5.49. The number of likely N-dealkylation sites (N-methyl/N-ethyl adjacent to an activating group) is 1. The molecular formula is C15H16Cl2N4O. The van der Waals surface area contributed by atoms with Gasteiger partial charge in [0.25, 0.3) is 0 Å². The SMILES string of the molecule is CN1CCOC2CN(c3cnc4cc(Cl)c(Cl)cc4n3)CC21. The topological polar surface area (TPSA) is 41.5 Å². The number of morpholine rings is 1. The summed E-state index contributed by atoms with van der Waals surface area (Å²) < 4.78 is 5.88. The molecule has 0 aliphatic carbocycles. The molecule has 2 fully saturated rings. The third kappa shape index (κ3) is 2.42. The van der Waals surface area contributed by atoms with E-state index in [1.54, 1.807) is 18.3 Å². The van der Waals surface area contributed by atoms with Gasteiger partial charge in [0.1, 0.15) is 5.82 Å². The maximum absolute atomic E-state index is 6.08. The quantitative estimate of drug-likeness (QED) is 0.798. The van der Waals surface area contributed by atoms with Crippen molar-refractivity contribution in [3.8, 4) is 0 Å². The van der Waals surface area contributed by atoms with Gasteiger partial charge in [0.15, 0.2) is 0 Å². The van der Waals surface area contributed by atoms with Crippen LogP contribution in [0, 0.1) is 0 Å². The van der Waals surface area contributed by atoms with E-state index in [9.17, 15) is 0 Å². The molecule has 1 aromatic heterocycles. The van der Waals surface area contributed by atoms with Gasteiger partial charge in [-0.15, -0.1) is 0 Å². The molecule has 22 heavy (non-hydrogen) atoms. The minimum absolute atomic E-state index is 0.241. The zero-order valence-electron chi connectivity index (χ0n) is 12.2.